The van der Waals surface area contributed by atoms with Crippen LogP contribution in [0.25, 0.3) is 0 Å². The van der Waals surface area contributed by atoms with Crippen molar-refractivity contribution in [1.82, 2.24) is 5.32 Å². The van der Waals surface area contributed by atoms with Gasteiger partial charge in [0.05, 0.1) is 7.11 Å². The van der Waals surface area contributed by atoms with Crippen LogP contribution in [0.2, 0.25) is 0 Å². The number of hydrogen-bond acceptors (Lipinski definition) is 2. The monoisotopic (exact) mass is 197 g/mol. The maximum atomic E-state index is 9.85. The molecule has 80 valence electrons. The lowest BCUT2D eigenvalue weighted by Crippen LogP contribution is -2.16. The van der Waals surface area contributed by atoms with E-state index in [4.69, 9.17) is 0 Å². The van der Waals surface area contributed by atoms with Gasteiger partial charge in [-0.1, -0.05) is 50.2 Å². The Kier molecular flexibility index (Phi) is 15.0. The van der Waals surface area contributed by atoms with Crippen molar-refractivity contribution >= 4 is 6.09 Å². The summed E-state index contributed by atoms with van der Waals surface area (Å²) in [7, 11) is 2.82. The number of carbonyl (C=O) groups is 1. The van der Waals surface area contributed by atoms with Gasteiger partial charge in [-0.2, -0.15) is 0 Å². The summed E-state index contributed by atoms with van der Waals surface area (Å²) in [5, 5.41) is 2.25. The first-order chi connectivity index (χ1) is 6.81. The minimum absolute atomic E-state index is 0.407. The van der Waals surface area contributed by atoms with Crippen LogP contribution in [0.15, 0.2) is 36.4 Å². The zero-order valence-electron chi connectivity index (χ0n) is 9.28. The normalized spacial score (nSPS) is 6.86. The van der Waals surface area contributed by atoms with Crippen molar-refractivity contribution in [2.24, 2.45) is 0 Å². The molecule has 0 fully saturated rings. The number of rotatable bonds is 0. The van der Waals surface area contributed by atoms with Crippen LogP contribution in [0.3, 0.4) is 0 Å². The van der Waals surface area contributed by atoms with Gasteiger partial charge in [0.1, 0.15) is 0 Å². The predicted molar refractivity (Wildman–Crippen MR) is 59.3 cm³/mol. The molecule has 14 heavy (non-hydrogen) atoms. The van der Waals surface area contributed by atoms with Gasteiger partial charge in [0.25, 0.3) is 0 Å². The molecule has 0 aromatic heterocycles. The highest BCUT2D eigenvalue weighted by Crippen LogP contribution is 1.79. The van der Waals surface area contributed by atoms with Crippen LogP contribution in [0, 0.1) is 0 Å². The second kappa shape index (κ2) is 14.0. The average Bonchev–Trinajstić information content (AvgIpc) is 2.33. The highest BCUT2D eigenvalue weighted by atomic mass is 16.5. The fourth-order valence-corrected chi connectivity index (χ4v) is 0.487. The molecule has 0 aliphatic rings. The van der Waals surface area contributed by atoms with Crippen molar-refractivity contribution < 1.29 is 9.53 Å². The van der Waals surface area contributed by atoms with Gasteiger partial charge in [0, 0.05) is 7.05 Å². The lowest BCUT2D eigenvalue weighted by molar-refractivity contribution is 0.173. The number of ether oxygens (including phenoxy) is 1. The summed E-state index contributed by atoms with van der Waals surface area (Å²) >= 11 is 0. The SMILES string of the molecule is CC.CNC(=O)OC.c1ccccc1. The fraction of sp³-hybridized carbons (Fsp3) is 0.364. The summed E-state index contributed by atoms with van der Waals surface area (Å²) in [5.74, 6) is 0. The zero-order valence-corrected chi connectivity index (χ0v) is 9.28. The van der Waals surface area contributed by atoms with Crippen molar-refractivity contribution in [1.29, 1.82) is 0 Å². The van der Waals surface area contributed by atoms with E-state index in [-0.39, 0.29) is 0 Å². The molecule has 0 bridgehead atoms. The molecule has 0 spiro atoms. The highest BCUT2D eigenvalue weighted by molar-refractivity contribution is 5.66. The smallest absolute Gasteiger partial charge is 0.406 e. The average molecular weight is 197 g/mol. The molecule has 1 rings (SSSR count). The minimum atomic E-state index is -0.407. The number of nitrogens with one attached hydrogen (secondary N) is 1. The van der Waals surface area contributed by atoms with Crippen LogP contribution in [0.4, 0.5) is 4.79 Å². The van der Waals surface area contributed by atoms with Gasteiger partial charge in [-0.15, -0.1) is 0 Å². The number of carbonyl (C=O) groups excluding carboxylic acids is 1. The highest BCUT2D eigenvalue weighted by Gasteiger charge is 1.85. The lowest BCUT2D eigenvalue weighted by atomic mass is 10.4. The van der Waals surface area contributed by atoms with Gasteiger partial charge in [-0.3, -0.25) is 0 Å². The summed E-state index contributed by atoms with van der Waals surface area (Å²) in [6, 6.07) is 12.0. The van der Waals surface area contributed by atoms with Crippen molar-refractivity contribution in [2.45, 2.75) is 13.8 Å². The van der Waals surface area contributed by atoms with E-state index in [9.17, 15) is 4.79 Å². The largest absolute Gasteiger partial charge is 0.453 e. The standard InChI is InChI=1S/C6H6.C3H7NO2.C2H6/c1-2-4-6-5-3-1;1-4-3(5)6-2;1-2/h1-6H;1-2H3,(H,4,5);1-2H3. The Balaban J connectivity index is 0. The summed E-state index contributed by atoms with van der Waals surface area (Å²) < 4.78 is 4.15. The number of alkyl carbamates (subject to hydrolysis) is 1. The Hall–Kier alpha value is -1.51. The maximum absolute atomic E-state index is 9.85. The third-order valence-electron chi connectivity index (χ3n) is 1.06. The molecule has 3 nitrogen and oxygen atoms in total. The van der Waals surface area contributed by atoms with Crippen LogP contribution in [0.1, 0.15) is 13.8 Å². The van der Waals surface area contributed by atoms with E-state index in [1.165, 1.54) is 14.2 Å². The molecule has 0 aliphatic heterocycles. The Morgan fingerprint density at radius 1 is 1.00 bits per heavy atom. The first kappa shape index (κ1) is 15.0. The zero-order chi connectivity index (χ0) is 11.2. The van der Waals surface area contributed by atoms with Crippen molar-refractivity contribution in [3.63, 3.8) is 0 Å². The van der Waals surface area contributed by atoms with E-state index in [0.29, 0.717) is 0 Å². The molecule has 0 aliphatic carbocycles. The van der Waals surface area contributed by atoms with Crippen molar-refractivity contribution in [3.05, 3.63) is 36.4 Å². The lowest BCUT2D eigenvalue weighted by Gasteiger charge is -1.90. The molecule has 0 atom stereocenters. The maximum Gasteiger partial charge on any atom is 0.406 e. The molecule has 0 saturated heterocycles. The molecular formula is C11H19NO2. The van der Waals surface area contributed by atoms with E-state index in [0.717, 1.165) is 0 Å². The molecule has 1 aromatic carbocycles. The van der Waals surface area contributed by atoms with Gasteiger partial charge >= 0.3 is 6.09 Å². The van der Waals surface area contributed by atoms with E-state index < -0.39 is 6.09 Å². The first-order valence-electron chi connectivity index (χ1n) is 4.57. The third-order valence-corrected chi connectivity index (χ3v) is 1.06. The topological polar surface area (TPSA) is 38.3 Å². The number of hydrogen-bond donors (Lipinski definition) is 1. The van der Waals surface area contributed by atoms with Crippen LogP contribution in [0.5, 0.6) is 0 Å². The van der Waals surface area contributed by atoms with Crippen LogP contribution < -0.4 is 5.32 Å². The van der Waals surface area contributed by atoms with E-state index >= 15 is 0 Å². The van der Waals surface area contributed by atoms with Crippen LogP contribution in [-0.4, -0.2) is 20.3 Å². The van der Waals surface area contributed by atoms with Gasteiger partial charge in [0.2, 0.25) is 0 Å². The summed E-state index contributed by atoms with van der Waals surface area (Å²) in [4.78, 5) is 9.85. The molecule has 0 heterocycles. The third kappa shape index (κ3) is 13.1. The Bertz CT molecular complexity index is 167. The molecule has 3 heteroatoms. The second-order valence-corrected chi connectivity index (χ2v) is 1.90. The number of benzene rings is 1. The quantitative estimate of drug-likeness (QED) is 0.694. The van der Waals surface area contributed by atoms with E-state index in [1.54, 1.807) is 0 Å². The number of amides is 1. The molecule has 0 radical (unpaired) electrons. The molecular weight excluding hydrogens is 178 g/mol. The molecule has 1 N–H and O–H groups in total. The number of methoxy groups -OCH3 is 1. The van der Waals surface area contributed by atoms with Crippen molar-refractivity contribution in [3.8, 4) is 0 Å². The first-order valence-corrected chi connectivity index (χ1v) is 4.57. The molecule has 1 aromatic rings. The summed E-state index contributed by atoms with van der Waals surface area (Å²) in [5.41, 5.74) is 0. The molecule has 1 amide bonds. The second-order valence-electron chi connectivity index (χ2n) is 1.90. The Labute approximate surface area is 86.1 Å². The van der Waals surface area contributed by atoms with Crippen LogP contribution in [-0.2, 0) is 4.74 Å². The van der Waals surface area contributed by atoms with Gasteiger partial charge in [-0.05, 0) is 0 Å². The van der Waals surface area contributed by atoms with E-state index in [1.807, 2.05) is 50.2 Å². The summed E-state index contributed by atoms with van der Waals surface area (Å²) in [6.45, 7) is 4.00. The van der Waals surface area contributed by atoms with Gasteiger partial charge in [0.15, 0.2) is 0 Å². The Morgan fingerprint density at radius 2 is 1.29 bits per heavy atom. The fourth-order valence-electron chi connectivity index (χ4n) is 0.487. The molecule has 0 saturated carbocycles. The van der Waals surface area contributed by atoms with Gasteiger partial charge in [-0.25, -0.2) is 4.79 Å². The van der Waals surface area contributed by atoms with Gasteiger partial charge < -0.3 is 10.1 Å². The molecule has 0 unspecified atom stereocenters. The Morgan fingerprint density at radius 3 is 1.36 bits per heavy atom. The van der Waals surface area contributed by atoms with Crippen molar-refractivity contribution in [2.75, 3.05) is 14.2 Å². The van der Waals surface area contributed by atoms with E-state index in [2.05, 4.69) is 10.1 Å². The minimum Gasteiger partial charge on any atom is -0.453 e. The summed E-state index contributed by atoms with van der Waals surface area (Å²) in [6.07, 6.45) is -0.407. The van der Waals surface area contributed by atoms with Crippen LogP contribution >= 0.6 is 0 Å². The predicted octanol–water partition coefficient (Wildman–Crippen LogP) is 2.69.